The Morgan fingerprint density at radius 3 is 2.56 bits per heavy atom. The van der Waals surface area contributed by atoms with Crippen LogP contribution in [0.3, 0.4) is 0 Å². The topological polar surface area (TPSA) is 96.0 Å². The lowest BCUT2D eigenvalue weighted by atomic mass is 10.3. The van der Waals surface area contributed by atoms with Crippen molar-refractivity contribution < 1.29 is 13.6 Å². The summed E-state index contributed by atoms with van der Waals surface area (Å²) in [7, 11) is -2.46. The van der Waals surface area contributed by atoms with E-state index in [9.17, 15) is 8.42 Å². The van der Waals surface area contributed by atoms with Crippen LogP contribution in [-0.2, 0) is 10.0 Å². The fourth-order valence-electron chi connectivity index (χ4n) is 1.29. The van der Waals surface area contributed by atoms with Crippen LogP contribution < -0.4 is 5.73 Å². The van der Waals surface area contributed by atoms with Gasteiger partial charge in [-0.2, -0.15) is 4.31 Å². The summed E-state index contributed by atoms with van der Waals surface area (Å²) in [5, 5.41) is 11.5. The number of sulfonamides is 1. The maximum atomic E-state index is 12.3. The molecule has 1 aromatic rings. The second-order valence-electron chi connectivity index (χ2n) is 3.65. The van der Waals surface area contributed by atoms with Crippen molar-refractivity contribution in [3.05, 3.63) is 29.3 Å². The number of likely N-dealkylation sites (N-methyl/N-ethyl adjacent to an activating group) is 1. The van der Waals surface area contributed by atoms with Crippen LogP contribution in [0.4, 0.5) is 0 Å². The maximum Gasteiger partial charge on any atom is 0.244 e. The average Bonchev–Trinajstić information content (AvgIpc) is 2.36. The number of hydrogen-bond acceptors (Lipinski definition) is 4. The smallest absolute Gasteiger partial charge is 0.244 e. The number of amidine groups is 1. The third-order valence-electron chi connectivity index (χ3n) is 2.58. The minimum Gasteiger partial charge on any atom is -0.409 e. The van der Waals surface area contributed by atoms with Crippen LogP contribution in [-0.4, -0.2) is 36.9 Å². The molecule has 18 heavy (non-hydrogen) atoms. The van der Waals surface area contributed by atoms with Crippen LogP contribution in [0.15, 0.2) is 34.3 Å². The van der Waals surface area contributed by atoms with Gasteiger partial charge in [-0.05, 0) is 19.1 Å². The van der Waals surface area contributed by atoms with Gasteiger partial charge < -0.3 is 10.9 Å². The molecule has 3 N–H and O–H groups in total. The van der Waals surface area contributed by atoms with Crippen LogP contribution in [0, 0.1) is 0 Å². The number of hydrogen-bond donors (Lipinski definition) is 2. The molecule has 1 rings (SSSR count). The fraction of sp³-hybridized carbons (Fsp3) is 0.300. The highest BCUT2D eigenvalue weighted by Crippen LogP contribution is 2.24. The first-order chi connectivity index (χ1) is 8.32. The Balaban J connectivity index is 3.20. The van der Waals surface area contributed by atoms with Gasteiger partial charge in [-0.25, -0.2) is 8.42 Å². The van der Waals surface area contributed by atoms with Gasteiger partial charge in [0.25, 0.3) is 0 Å². The van der Waals surface area contributed by atoms with Gasteiger partial charge in [0.15, 0.2) is 5.84 Å². The van der Waals surface area contributed by atoms with E-state index in [4.69, 9.17) is 22.5 Å². The summed E-state index contributed by atoms with van der Waals surface area (Å²) in [6.45, 7) is 1.50. The Labute approximate surface area is 111 Å². The lowest BCUT2D eigenvalue weighted by Gasteiger charge is -2.23. The van der Waals surface area contributed by atoms with E-state index in [1.54, 1.807) is 12.1 Å². The molecule has 0 fully saturated rings. The highest BCUT2D eigenvalue weighted by atomic mass is 35.5. The first-order valence-corrected chi connectivity index (χ1v) is 6.84. The minimum absolute atomic E-state index is 0.0215. The zero-order valence-corrected chi connectivity index (χ0v) is 11.5. The molecule has 1 atom stereocenters. The number of oxime groups is 1. The van der Waals surface area contributed by atoms with E-state index in [1.165, 1.54) is 26.1 Å². The SMILES string of the molecule is CC(C(N)=NO)N(C)S(=O)(=O)c1ccccc1Cl. The summed E-state index contributed by atoms with van der Waals surface area (Å²) < 4.78 is 25.5. The van der Waals surface area contributed by atoms with Crippen LogP contribution in [0.25, 0.3) is 0 Å². The maximum absolute atomic E-state index is 12.3. The van der Waals surface area contributed by atoms with Crippen molar-refractivity contribution >= 4 is 27.5 Å². The summed E-state index contributed by atoms with van der Waals surface area (Å²) >= 11 is 5.85. The van der Waals surface area contributed by atoms with Crippen LogP contribution in [0.2, 0.25) is 5.02 Å². The highest BCUT2D eigenvalue weighted by molar-refractivity contribution is 7.89. The van der Waals surface area contributed by atoms with Crippen molar-refractivity contribution in [3.8, 4) is 0 Å². The summed E-state index contributed by atoms with van der Waals surface area (Å²) in [5.41, 5.74) is 5.39. The normalized spacial score (nSPS) is 14.8. The van der Waals surface area contributed by atoms with Crippen molar-refractivity contribution in [2.45, 2.75) is 17.9 Å². The first-order valence-electron chi connectivity index (χ1n) is 5.02. The lowest BCUT2D eigenvalue weighted by Crippen LogP contribution is -2.43. The predicted molar refractivity (Wildman–Crippen MR) is 69.3 cm³/mol. The van der Waals surface area contributed by atoms with Gasteiger partial charge in [-0.3, -0.25) is 0 Å². The summed E-state index contributed by atoms with van der Waals surface area (Å²) in [6.07, 6.45) is 0. The molecule has 1 aromatic carbocycles. The summed E-state index contributed by atoms with van der Waals surface area (Å²) in [4.78, 5) is -0.0215. The molecule has 0 radical (unpaired) electrons. The van der Waals surface area contributed by atoms with Crippen molar-refractivity contribution in [2.24, 2.45) is 10.9 Å². The van der Waals surface area contributed by atoms with Crippen molar-refractivity contribution in [1.29, 1.82) is 0 Å². The van der Waals surface area contributed by atoms with Crippen molar-refractivity contribution in [3.63, 3.8) is 0 Å². The number of rotatable bonds is 4. The van der Waals surface area contributed by atoms with E-state index in [1.807, 2.05) is 0 Å². The molecule has 0 spiro atoms. The van der Waals surface area contributed by atoms with E-state index < -0.39 is 16.1 Å². The second-order valence-corrected chi connectivity index (χ2v) is 6.03. The zero-order chi connectivity index (χ0) is 13.9. The Bertz CT molecular complexity index is 559. The number of nitrogens with two attached hydrogens (primary N) is 1. The molecular formula is C10H14ClN3O3S. The molecule has 0 aromatic heterocycles. The lowest BCUT2D eigenvalue weighted by molar-refractivity contribution is 0.311. The fourth-order valence-corrected chi connectivity index (χ4v) is 3.11. The molecular weight excluding hydrogens is 278 g/mol. The van der Waals surface area contributed by atoms with Crippen molar-refractivity contribution in [2.75, 3.05) is 7.05 Å². The second kappa shape index (κ2) is 5.55. The molecule has 1 unspecified atom stereocenters. The van der Waals surface area contributed by atoms with Crippen LogP contribution in [0.1, 0.15) is 6.92 Å². The van der Waals surface area contributed by atoms with Gasteiger partial charge in [0, 0.05) is 7.05 Å². The third kappa shape index (κ3) is 2.74. The summed E-state index contributed by atoms with van der Waals surface area (Å²) in [6, 6.07) is 5.30. The van der Waals surface area contributed by atoms with E-state index in [2.05, 4.69) is 5.16 Å². The Kier molecular flexibility index (Phi) is 4.55. The predicted octanol–water partition coefficient (Wildman–Crippen LogP) is 1.10. The molecule has 100 valence electrons. The third-order valence-corrected chi connectivity index (χ3v) is 5.01. The number of benzene rings is 1. The minimum atomic E-state index is -3.79. The van der Waals surface area contributed by atoms with Gasteiger partial charge in [0.05, 0.1) is 11.1 Å². The molecule has 0 amide bonds. The molecule has 0 aliphatic heterocycles. The van der Waals surface area contributed by atoms with Crippen molar-refractivity contribution in [1.82, 2.24) is 4.31 Å². The van der Waals surface area contributed by atoms with E-state index in [0.29, 0.717) is 0 Å². The van der Waals surface area contributed by atoms with E-state index in [0.717, 1.165) is 4.31 Å². The molecule has 0 heterocycles. The number of nitrogens with zero attached hydrogens (tertiary/aromatic N) is 2. The number of halogens is 1. The Hall–Kier alpha value is -1.31. The van der Waals surface area contributed by atoms with Gasteiger partial charge in [-0.15, -0.1) is 0 Å². The standard InChI is InChI=1S/C10H14ClN3O3S/c1-7(10(12)13-15)14(2)18(16,17)9-6-4-3-5-8(9)11/h3-7,15H,1-2H3,(H2,12,13). The van der Waals surface area contributed by atoms with Gasteiger partial charge >= 0.3 is 0 Å². The average molecular weight is 292 g/mol. The molecule has 0 bridgehead atoms. The van der Waals surface area contributed by atoms with Gasteiger partial charge in [-0.1, -0.05) is 28.9 Å². The van der Waals surface area contributed by atoms with Crippen LogP contribution in [0.5, 0.6) is 0 Å². The van der Waals surface area contributed by atoms with E-state index in [-0.39, 0.29) is 15.8 Å². The Morgan fingerprint density at radius 1 is 1.50 bits per heavy atom. The van der Waals surface area contributed by atoms with Crippen LogP contribution >= 0.6 is 11.6 Å². The molecule has 6 nitrogen and oxygen atoms in total. The largest absolute Gasteiger partial charge is 0.409 e. The molecule has 0 aliphatic carbocycles. The summed E-state index contributed by atoms with van der Waals surface area (Å²) in [5.74, 6) is -0.201. The zero-order valence-electron chi connectivity index (χ0n) is 9.91. The molecule has 0 aliphatic rings. The molecule has 8 heteroatoms. The molecule has 0 saturated heterocycles. The van der Waals surface area contributed by atoms with E-state index >= 15 is 0 Å². The Morgan fingerprint density at radius 2 is 2.06 bits per heavy atom. The van der Waals surface area contributed by atoms with Gasteiger partial charge in [0.2, 0.25) is 10.0 Å². The highest BCUT2D eigenvalue weighted by Gasteiger charge is 2.29. The molecule has 0 saturated carbocycles. The first kappa shape index (κ1) is 14.7. The monoisotopic (exact) mass is 291 g/mol. The quantitative estimate of drug-likeness (QED) is 0.376. The van der Waals surface area contributed by atoms with Gasteiger partial charge in [0.1, 0.15) is 4.90 Å².